The first-order chi connectivity index (χ1) is 6.20. The van der Waals surface area contributed by atoms with Crippen molar-refractivity contribution in [1.82, 2.24) is 10.2 Å². The van der Waals surface area contributed by atoms with E-state index < -0.39 is 0 Å². The Balaban J connectivity index is 2.75. The van der Waals surface area contributed by atoms with E-state index in [2.05, 4.69) is 10.2 Å². The molecule has 0 bridgehead atoms. The number of para-hydroxylation sites is 1. The van der Waals surface area contributed by atoms with Crippen molar-refractivity contribution in [3.8, 4) is 0 Å². The molecule has 1 atom stereocenters. The van der Waals surface area contributed by atoms with Gasteiger partial charge in [-0.2, -0.15) is 5.10 Å². The third-order valence-electron chi connectivity index (χ3n) is 2.02. The molecule has 2 aromatic rings. The molecule has 1 heterocycles. The maximum Gasteiger partial charge on any atom is 0.151 e. The Labute approximate surface area is 74.7 Å². The van der Waals surface area contributed by atoms with E-state index in [4.69, 9.17) is 5.73 Å². The number of aromatic amines is 1. The molecule has 13 heavy (non-hydrogen) atoms. The number of hydrogen-bond acceptors (Lipinski definition) is 2. The molecule has 1 aromatic heterocycles. The molecule has 0 saturated heterocycles. The average Bonchev–Trinajstić information content (AvgIpc) is 2.48. The van der Waals surface area contributed by atoms with Gasteiger partial charge in [0.05, 0.1) is 5.69 Å². The zero-order valence-corrected chi connectivity index (χ0v) is 7.21. The largest absolute Gasteiger partial charge is 0.323 e. The lowest BCUT2D eigenvalue weighted by atomic mass is 10.1. The van der Waals surface area contributed by atoms with Crippen LogP contribution in [-0.4, -0.2) is 10.2 Å². The third-order valence-corrected chi connectivity index (χ3v) is 2.02. The smallest absolute Gasteiger partial charge is 0.151 e. The number of nitrogens with zero attached hydrogens (tertiary/aromatic N) is 1. The van der Waals surface area contributed by atoms with Gasteiger partial charge in [-0.05, 0) is 13.0 Å². The predicted octanol–water partition coefficient (Wildman–Crippen LogP) is 1.72. The minimum atomic E-state index is -0.319. The van der Waals surface area contributed by atoms with Crippen LogP contribution in [0.3, 0.4) is 0 Å². The van der Waals surface area contributed by atoms with E-state index in [-0.39, 0.29) is 11.9 Å². The number of hydrogen-bond donors (Lipinski definition) is 2. The van der Waals surface area contributed by atoms with Crippen molar-refractivity contribution in [2.24, 2.45) is 5.73 Å². The monoisotopic (exact) mass is 179 g/mol. The van der Waals surface area contributed by atoms with Crippen molar-refractivity contribution < 1.29 is 4.39 Å². The third kappa shape index (κ3) is 1.19. The van der Waals surface area contributed by atoms with E-state index in [0.717, 1.165) is 11.1 Å². The van der Waals surface area contributed by atoms with Crippen LogP contribution in [0.5, 0.6) is 0 Å². The van der Waals surface area contributed by atoms with Gasteiger partial charge in [-0.15, -0.1) is 0 Å². The Hall–Kier alpha value is -1.42. The topological polar surface area (TPSA) is 54.7 Å². The highest BCUT2D eigenvalue weighted by Gasteiger charge is 2.10. The van der Waals surface area contributed by atoms with Gasteiger partial charge >= 0.3 is 0 Å². The van der Waals surface area contributed by atoms with Crippen molar-refractivity contribution in [2.45, 2.75) is 13.0 Å². The minimum absolute atomic E-state index is 0.160. The summed E-state index contributed by atoms with van der Waals surface area (Å²) in [5.74, 6) is -0.319. The van der Waals surface area contributed by atoms with Gasteiger partial charge < -0.3 is 5.73 Å². The fourth-order valence-electron chi connectivity index (χ4n) is 1.37. The summed E-state index contributed by atoms with van der Waals surface area (Å²) in [6.45, 7) is 1.83. The predicted molar refractivity (Wildman–Crippen MR) is 48.7 cm³/mol. The van der Waals surface area contributed by atoms with E-state index in [0.29, 0.717) is 5.52 Å². The molecule has 68 valence electrons. The molecule has 3 N–H and O–H groups in total. The molecule has 4 heteroatoms. The van der Waals surface area contributed by atoms with E-state index in [1.54, 1.807) is 12.1 Å². The van der Waals surface area contributed by atoms with Crippen LogP contribution in [0.4, 0.5) is 4.39 Å². The molecule has 0 spiro atoms. The van der Waals surface area contributed by atoms with Crippen molar-refractivity contribution in [2.75, 3.05) is 0 Å². The van der Waals surface area contributed by atoms with Crippen molar-refractivity contribution in [3.05, 3.63) is 29.7 Å². The second kappa shape index (κ2) is 2.81. The van der Waals surface area contributed by atoms with Gasteiger partial charge in [0.1, 0.15) is 5.52 Å². The lowest BCUT2D eigenvalue weighted by molar-refractivity contribution is 0.636. The normalized spacial score (nSPS) is 13.5. The number of nitrogens with two attached hydrogens (primary N) is 1. The molecule has 0 aliphatic rings. The number of aromatic nitrogens is 2. The van der Waals surface area contributed by atoms with Crippen LogP contribution in [0.15, 0.2) is 18.2 Å². The van der Waals surface area contributed by atoms with Gasteiger partial charge in [0.25, 0.3) is 0 Å². The van der Waals surface area contributed by atoms with Crippen LogP contribution in [0.25, 0.3) is 10.9 Å². The SMILES string of the molecule is CC(N)c1[nH]nc2c(F)cccc12. The summed E-state index contributed by atoms with van der Waals surface area (Å²) < 4.78 is 13.1. The Morgan fingerprint density at radius 2 is 2.31 bits per heavy atom. The molecular formula is C9H10FN3. The van der Waals surface area contributed by atoms with Crippen LogP contribution in [0.1, 0.15) is 18.7 Å². The van der Waals surface area contributed by atoms with Crippen LogP contribution in [0, 0.1) is 5.82 Å². The minimum Gasteiger partial charge on any atom is -0.323 e. The maximum atomic E-state index is 13.1. The van der Waals surface area contributed by atoms with Crippen LogP contribution < -0.4 is 5.73 Å². The maximum absolute atomic E-state index is 13.1. The summed E-state index contributed by atoms with van der Waals surface area (Å²) in [6, 6.07) is 4.68. The number of benzene rings is 1. The summed E-state index contributed by atoms with van der Waals surface area (Å²) in [5.41, 5.74) is 6.81. The lowest BCUT2D eigenvalue weighted by Gasteiger charge is -2.00. The highest BCUT2D eigenvalue weighted by Crippen LogP contribution is 2.21. The Bertz CT molecular complexity index is 433. The Kier molecular flexibility index (Phi) is 1.77. The number of H-pyrrole nitrogens is 1. The standard InChI is InChI=1S/C9H10FN3/c1-5(11)8-6-3-2-4-7(10)9(6)13-12-8/h2-5H,11H2,1H3,(H,12,13). The molecule has 1 aromatic carbocycles. The molecule has 1 unspecified atom stereocenters. The molecule has 0 radical (unpaired) electrons. The van der Waals surface area contributed by atoms with Gasteiger partial charge in [0, 0.05) is 11.4 Å². The summed E-state index contributed by atoms with van der Waals surface area (Å²) in [4.78, 5) is 0. The number of fused-ring (bicyclic) bond motifs is 1. The highest BCUT2D eigenvalue weighted by molar-refractivity contribution is 5.82. The number of nitrogens with one attached hydrogen (secondary N) is 1. The molecule has 2 rings (SSSR count). The second-order valence-electron chi connectivity index (χ2n) is 3.06. The van der Waals surface area contributed by atoms with E-state index in [1.165, 1.54) is 6.07 Å². The highest BCUT2D eigenvalue weighted by atomic mass is 19.1. The molecule has 0 aliphatic heterocycles. The van der Waals surface area contributed by atoms with Crippen molar-refractivity contribution in [1.29, 1.82) is 0 Å². The van der Waals surface area contributed by atoms with Gasteiger partial charge in [-0.1, -0.05) is 12.1 Å². The van der Waals surface area contributed by atoms with Gasteiger partial charge in [0.2, 0.25) is 0 Å². The number of rotatable bonds is 1. The molecule has 3 nitrogen and oxygen atoms in total. The first kappa shape index (κ1) is 8.19. The van der Waals surface area contributed by atoms with Gasteiger partial charge in [0.15, 0.2) is 5.82 Å². The van der Waals surface area contributed by atoms with E-state index >= 15 is 0 Å². The zero-order chi connectivity index (χ0) is 9.42. The van der Waals surface area contributed by atoms with Crippen LogP contribution in [0.2, 0.25) is 0 Å². The van der Waals surface area contributed by atoms with Gasteiger partial charge in [-0.3, -0.25) is 5.10 Å². The molecule has 0 amide bonds. The van der Waals surface area contributed by atoms with E-state index in [9.17, 15) is 4.39 Å². The van der Waals surface area contributed by atoms with Crippen LogP contribution in [-0.2, 0) is 0 Å². The molecular weight excluding hydrogens is 169 g/mol. The average molecular weight is 179 g/mol. The number of halogens is 1. The molecule has 0 fully saturated rings. The summed E-state index contributed by atoms with van der Waals surface area (Å²) in [7, 11) is 0. The summed E-state index contributed by atoms with van der Waals surface area (Å²) >= 11 is 0. The second-order valence-corrected chi connectivity index (χ2v) is 3.06. The van der Waals surface area contributed by atoms with Gasteiger partial charge in [-0.25, -0.2) is 4.39 Å². The first-order valence-electron chi connectivity index (χ1n) is 4.08. The van der Waals surface area contributed by atoms with Crippen molar-refractivity contribution >= 4 is 10.9 Å². The fourth-order valence-corrected chi connectivity index (χ4v) is 1.37. The zero-order valence-electron chi connectivity index (χ0n) is 7.21. The molecule has 0 saturated carbocycles. The Morgan fingerprint density at radius 3 is 3.00 bits per heavy atom. The molecule has 0 aliphatic carbocycles. The Morgan fingerprint density at radius 1 is 1.54 bits per heavy atom. The first-order valence-corrected chi connectivity index (χ1v) is 4.08. The fraction of sp³-hybridized carbons (Fsp3) is 0.222. The van der Waals surface area contributed by atoms with E-state index in [1.807, 2.05) is 6.92 Å². The van der Waals surface area contributed by atoms with Crippen LogP contribution >= 0.6 is 0 Å². The quantitative estimate of drug-likeness (QED) is 0.700. The van der Waals surface area contributed by atoms with Crippen molar-refractivity contribution in [3.63, 3.8) is 0 Å². The lowest BCUT2D eigenvalue weighted by Crippen LogP contribution is -2.05. The summed E-state index contributed by atoms with van der Waals surface area (Å²) in [6.07, 6.45) is 0. The summed E-state index contributed by atoms with van der Waals surface area (Å²) in [5, 5.41) is 7.36.